The van der Waals surface area contributed by atoms with Gasteiger partial charge in [-0.15, -0.1) is 0 Å². The van der Waals surface area contributed by atoms with E-state index in [4.69, 9.17) is 9.47 Å². The number of pyridine rings is 2. The summed E-state index contributed by atoms with van der Waals surface area (Å²) in [6, 6.07) is 10.6. The van der Waals surface area contributed by atoms with Gasteiger partial charge in [0.15, 0.2) is 0 Å². The van der Waals surface area contributed by atoms with E-state index in [1.807, 2.05) is 30.3 Å². The molecule has 0 fully saturated rings. The van der Waals surface area contributed by atoms with Crippen LogP contribution in [0, 0.1) is 0 Å². The molecule has 1 aliphatic heterocycles. The topological polar surface area (TPSA) is 85.7 Å². The number of carbonyl (C=O) groups is 1. The van der Waals surface area contributed by atoms with Crippen molar-refractivity contribution in [2.24, 2.45) is 4.99 Å². The molecule has 0 saturated heterocycles. The van der Waals surface area contributed by atoms with E-state index in [1.165, 1.54) is 19.4 Å². The third-order valence-electron chi connectivity index (χ3n) is 5.22. The van der Waals surface area contributed by atoms with Crippen LogP contribution in [0.1, 0.15) is 29.3 Å². The van der Waals surface area contributed by atoms with Gasteiger partial charge in [-0.2, -0.15) is 0 Å². The fourth-order valence-corrected chi connectivity index (χ4v) is 3.57. The summed E-state index contributed by atoms with van der Waals surface area (Å²) < 4.78 is 37.8. The standard InChI is InChI=1S/C24H22F2N4O3/c1-24(25,26)19-10-17(12-28-23(19)33-3)30-21(31)8-14-4-6-15(7-5-14)16-9-18-20(27-11-16)13-29-22(18)32-2/h4-7,9-12H,8,13H2,1-3H3,(H,30,31). The lowest BCUT2D eigenvalue weighted by atomic mass is 10.0. The smallest absolute Gasteiger partial charge is 0.275 e. The summed E-state index contributed by atoms with van der Waals surface area (Å²) in [6.45, 7) is 1.26. The van der Waals surface area contributed by atoms with Gasteiger partial charge in [-0.05, 0) is 23.3 Å². The molecule has 9 heteroatoms. The normalized spacial score (nSPS) is 12.7. The molecule has 1 amide bonds. The number of amides is 1. The monoisotopic (exact) mass is 452 g/mol. The van der Waals surface area contributed by atoms with Crippen LogP contribution in [-0.4, -0.2) is 36.0 Å². The molecule has 2 aromatic heterocycles. The van der Waals surface area contributed by atoms with Crippen LogP contribution in [0.25, 0.3) is 11.1 Å². The Morgan fingerprint density at radius 2 is 1.82 bits per heavy atom. The van der Waals surface area contributed by atoms with Crippen molar-refractivity contribution in [2.75, 3.05) is 19.5 Å². The second-order valence-corrected chi connectivity index (χ2v) is 7.63. The number of fused-ring (bicyclic) bond motifs is 1. The first-order valence-corrected chi connectivity index (χ1v) is 10.2. The van der Waals surface area contributed by atoms with Crippen molar-refractivity contribution < 1.29 is 23.0 Å². The van der Waals surface area contributed by atoms with Crippen LogP contribution in [0.5, 0.6) is 5.88 Å². The van der Waals surface area contributed by atoms with Crippen molar-refractivity contribution in [3.63, 3.8) is 0 Å². The van der Waals surface area contributed by atoms with E-state index >= 15 is 0 Å². The third-order valence-corrected chi connectivity index (χ3v) is 5.22. The fraction of sp³-hybridized carbons (Fsp3) is 0.250. The van der Waals surface area contributed by atoms with Crippen molar-refractivity contribution in [3.8, 4) is 17.0 Å². The van der Waals surface area contributed by atoms with Gasteiger partial charge in [-0.25, -0.2) is 18.8 Å². The Labute approximate surface area is 189 Å². The molecule has 0 atom stereocenters. The predicted molar refractivity (Wildman–Crippen MR) is 120 cm³/mol. The van der Waals surface area contributed by atoms with Gasteiger partial charge in [0, 0.05) is 18.7 Å². The van der Waals surface area contributed by atoms with Crippen LogP contribution in [0.4, 0.5) is 14.5 Å². The second kappa shape index (κ2) is 8.93. The Bertz CT molecular complexity index is 1220. The summed E-state index contributed by atoms with van der Waals surface area (Å²) >= 11 is 0. The lowest BCUT2D eigenvalue weighted by Crippen LogP contribution is -2.16. The van der Waals surface area contributed by atoms with E-state index in [0.29, 0.717) is 12.4 Å². The van der Waals surface area contributed by atoms with E-state index < -0.39 is 11.5 Å². The molecule has 7 nitrogen and oxygen atoms in total. The average molecular weight is 452 g/mol. The van der Waals surface area contributed by atoms with Crippen LogP contribution >= 0.6 is 0 Å². The third kappa shape index (κ3) is 4.82. The molecule has 170 valence electrons. The summed E-state index contributed by atoms with van der Waals surface area (Å²) in [5.74, 6) is -3.11. The van der Waals surface area contributed by atoms with E-state index in [9.17, 15) is 13.6 Å². The summed E-state index contributed by atoms with van der Waals surface area (Å²) in [5, 5.41) is 2.61. The number of aliphatic imine (C=N–C) groups is 1. The lowest BCUT2D eigenvalue weighted by molar-refractivity contribution is -0.115. The van der Waals surface area contributed by atoms with Gasteiger partial charge in [-0.1, -0.05) is 24.3 Å². The van der Waals surface area contributed by atoms with Crippen molar-refractivity contribution >= 4 is 17.5 Å². The van der Waals surface area contributed by atoms with Crippen LogP contribution in [0.15, 0.2) is 53.8 Å². The summed E-state index contributed by atoms with van der Waals surface area (Å²) in [7, 11) is 2.85. The SMILES string of the molecule is COC1=NCc2ncc(-c3ccc(CC(=O)Nc4cnc(OC)c(C(C)(F)F)c4)cc3)cc21. The number of anilines is 1. The molecular formula is C24H22F2N4O3. The number of nitrogens with zero attached hydrogens (tertiary/aromatic N) is 3. The van der Waals surface area contributed by atoms with Gasteiger partial charge in [-0.3, -0.25) is 9.78 Å². The maximum Gasteiger partial charge on any atom is 0.275 e. The zero-order chi connectivity index (χ0) is 23.6. The molecule has 4 rings (SSSR count). The fourth-order valence-electron chi connectivity index (χ4n) is 3.57. The number of methoxy groups -OCH3 is 2. The van der Waals surface area contributed by atoms with E-state index in [2.05, 4.69) is 20.3 Å². The first kappa shape index (κ1) is 22.3. The zero-order valence-electron chi connectivity index (χ0n) is 18.4. The first-order valence-electron chi connectivity index (χ1n) is 10.2. The Hall–Kier alpha value is -3.88. The molecule has 3 heterocycles. The molecule has 0 bridgehead atoms. The molecule has 33 heavy (non-hydrogen) atoms. The van der Waals surface area contributed by atoms with Gasteiger partial charge in [0.1, 0.15) is 0 Å². The summed E-state index contributed by atoms with van der Waals surface area (Å²) in [5.41, 5.74) is 4.15. The number of ether oxygens (including phenoxy) is 2. The summed E-state index contributed by atoms with van der Waals surface area (Å²) in [4.78, 5) is 25.1. The minimum Gasteiger partial charge on any atom is -0.481 e. The Morgan fingerprint density at radius 1 is 1.06 bits per heavy atom. The molecule has 3 aromatic rings. The van der Waals surface area contributed by atoms with Gasteiger partial charge in [0.25, 0.3) is 5.92 Å². The van der Waals surface area contributed by atoms with E-state index in [0.717, 1.165) is 34.9 Å². The lowest BCUT2D eigenvalue weighted by Gasteiger charge is -2.15. The number of alkyl halides is 2. The number of aromatic nitrogens is 2. The molecule has 0 saturated carbocycles. The maximum atomic E-state index is 13.8. The highest BCUT2D eigenvalue weighted by molar-refractivity contribution is 5.98. The predicted octanol–water partition coefficient (Wildman–Crippen LogP) is 4.35. The maximum absolute atomic E-state index is 13.8. The second-order valence-electron chi connectivity index (χ2n) is 7.63. The van der Waals surface area contributed by atoms with Crippen LogP contribution in [0.3, 0.4) is 0 Å². The number of benzene rings is 1. The summed E-state index contributed by atoms with van der Waals surface area (Å²) in [6.07, 6.45) is 3.15. The number of hydrogen-bond acceptors (Lipinski definition) is 6. The number of hydrogen-bond donors (Lipinski definition) is 1. The molecule has 0 unspecified atom stereocenters. The van der Waals surface area contributed by atoms with Crippen LogP contribution in [-0.2, 0) is 28.4 Å². The van der Waals surface area contributed by atoms with E-state index in [-0.39, 0.29) is 23.9 Å². The molecule has 1 N–H and O–H groups in total. The van der Waals surface area contributed by atoms with Gasteiger partial charge in [0.2, 0.25) is 17.7 Å². The van der Waals surface area contributed by atoms with Gasteiger partial charge >= 0.3 is 0 Å². The van der Waals surface area contributed by atoms with E-state index in [1.54, 1.807) is 13.3 Å². The van der Waals surface area contributed by atoms with Crippen molar-refractivity contribution in [1.29, 1.82) is 0 Å². The van der Waals surface area contributed by atoms with Crippen molar-refractivity contribution in [1.82, 2.24) is 9.97 Å². The largest absolute Gasteiger partial charge is 0.481 e. The van der Waals surface area contributed by atoms with Crippen LogP contribution < -0.4 is 10.1 Å². The van der Waals surface area contributed by atoms with Crippen molar-refractivity contribution in [2.45, 2.75) is 25.8 Å². The van der Waals surface area contributed by atoms with Gasteiger partial charge in [0.05, 0.1) is 55.9 Å². The Kier molecular flexibility index (Phi) is 6.04. The minimum atomic E-state index is -3.16. The highest BCUT2D eigenvalue weighted by Gasteiger charge is 2.30. The first-order chi connectivity index (χ1) is 15.8. The number of rotatable bonds is 6. The number of halogens is 2. The Balaban J connectivity index is 1.45. The highest BCUT2D eigenvalue weighted by atomic mass is 19.3. The molecule has 0 spiro atoms. The Morgan fingerprint density at radius 3 is 2.48 bits per heavy atom. The highest BCUT2D eigenvalue weighted by Crippen LogP contribution is 2.34. The van der Waals surface area contributed by atoms with Crippen molar-refractivity contribution in [3.05, 3.63) is 71.2 Å². The number of carbonyl (C=O) groups excluding carboxylic acids is 1. The van der Waals surface area contributed by atoms with Crippen LogP contribution in [0.2, 0.25) is 0 Å². The minimum absolute atomic E-state index is 0.0765. The average Bonchev–Trinajstić information content (AvgIpc) is 3.21. The van der Waals surface area contributed by atoms with Gasteiger partial charge < -0.3 is 14.8 Å². The molecule has 0 aliphatic carbocycles. The quantitative estimate of drug-likeness (QED) is 0.601. The molecular weight excluding hydrogens is 430 g/mol. The number of nitrogens with one attached hydrogen (secondary N) is 1. The molecule has 0 radical (unpaired) electrons. The molecule has 1 aromatic carbocycles. The molecule has 1 aliphatic rings. The zero-order valence-corrected chi connectivity index (χ0v) is 18.4.